The molecule has 1 aromatic rings. The Morgan fingerprint density at radius 2 is 2.20 bits per heavy atom. The lowest BCUT2D eigenvalue weighted by Crippen LogP contribution is -2.18. The molecule has 0 saturated heterocycles. The second-order valence-electron chi connectivity index (χ2n) is 3.13. The van der Waals surface area contributed by atoms with Crippen molar-refractivity contribution in [1.29, 1.82) is 0 Å². The van der Waals surface area contributed by atoms with Gasteiger partial charge in [-0.15, -0.1) is 0 Å². The lowest BCUT2D eigenvalue weighted by molar-refractivity contribution is -0.142. The van der Waals surface area contributed by atoms with E-state index in [0.717, 1.165) is 0 Å². The van der Waals surface area contributed by atoms with Crippen LogP contribution in [-0.2, 0) is 4.79 Å². The first-order valence-electron chi connectivity index (χ1n) is 4.31. The van der Waals surface area contributed by atoms with Gasteiger partial charge in [-0.1, -0.05) is 23.2 Å². The second-order valence-corrected chi connectivity index (χ2v) is 3.97. The van der Waals surface area contributed by atoms with Crippen molar-refractivity contribution in [3.63, 3.8) is 0 Å². The number of aliphatic carboxylic acids is 1. The normalized spacial score (nSPS) is 12.2. The molecule has 0 aliphatic carbocycles. The minimum Gasteiger partial charge on any atom is -0.491 e. The largest absolute Gasteiger partial charge is 0.491 e. The van der Waals surface area contributed by atoms with E-state index in [9.17, 15) is 4.79 Å². The molecule has 3 nitrogen and oxygen atoms in total. The Hall–Kier alpha value is -0.930. The maximum Gasteiger partial charge on any atom is 0.309 e. The summed E-state index contributed by atoms with van der Waals surface area (Å²) in [5, 5.41) is 9.56. The average Bonchev–Trinajstić information content (AvgIpc) is 2.18. The number of ether oxygens (including phenoxy) is 1. The van der Waals surface area contributed by atoms with Gasteiger partial charge in [0.2, 0.25) is 0 Å². The van der Waals surface area contributed by atoms with Crippen LogP contribution in [0.2, 0.25) is 10.0 Å². The number of halogens is 2. The highest BCUT2D eigenvalue weighted by Gasteiger charge is 2.12. The van der Waals surface area contributed by atoms with Gasteiger partial charge in [-0.3, -0.25) is 4.79 Å². The molecular formula is C10H10Cl2O3. The first-order chi connectivity index (χ1) is 7.00. The molecule has 0 heterocycles. The summed E-state index contributed by atoms with van der Waals surface area (Å²) in [5.74, 6) is -1.09. The summed E-state index contributed by atoms with van der Waals surface area (Å²) in [5.41, 5.74) is 0. The maximum atomic E-state index is 10.5. The van der Waals surface area contributed by atoms with Crippen LogP contribution in [0.25, 0.3) is 0 Å². The van der Waals surface area contributed by atoms with Crippen LogP contribution in [-0.4, -0.2) is 17.7 Å². The van der Waals surface area contributed by atoms with Gasteiger partial charge in [0, 0.05) is 11.1 Å². The fourth-order valence-electron chi connectivity index (χ4n) is 0.874. The van der Waals surface area contributed by atoms with Crippen molar-refractivity contribution in [2.24, 2.45) is 5.92 Å². The number of benzene rings is 1. The zero-order valence-electron chi connectivity index (χ0n) is 8.04. The topological polar surface area (TPSA) is 46.5 Å². The van der Waals surface area contributed by atoms with Crippen molar-refractivity contribution >= 4 is 29.2 Å². The molecule has 0 amide bonds. The number of hydrogen-bond acceptors (Lipinski definition) is 2. The predicted octanol–water partition coefficient (Wildman–Crippen LogP) is 3.09. The lowest BCUT2D eigenvalue weighted by Gasteiger charge is -2.10. The van der Waals surface area contributed by atoms with E-state index in [1.165, 1.54) is 0 Å². The molecule has 0 saturated carbocycles. The highest BCUT2D eigenvalue weighted by Crippen LogP contribution is 2.27. The highest BCUT2D eigenvalue weighted by molar-refractivity contribution is 6.34. The Morgan fingerprint density at radius 1 is 1.53 bits per heavy atom. The molecule has 1 atom stereocenters. The van der Waals surface area contributed by atoms with Gasteiger partial charge < -0.3 is 9.84 Å². The molecule has 1 aromatic carbocycles. The molecule has 0 aliphatic rings. The Morgan fingerprint density at radius 3 is 2.80 bits per heavy atom. The zero-order valence-corrected chi connectivity index (χ0v) is 9.55. The number of carboxylic acids is 1. The van der Waals surface area contributed by atoms with E-state index in [0.29, 0.717) is 15.8 Å². The van der Waals surface area contributed by atoms with Gasteiger partial charge in [-0.05, 0) is 19.1 Å². The summed E-state index contributed by atoms with van der Waals surface area (Å²) in [6.45, 7) is 1.62. The van der Waals surface area contributed by atoms with Crippen molar-refractivity contribution < 1.29 is 14.6 Å². The first-order valence-corrected chi connectivity index (χ1v) is 5.07. The monoisotopic (exact) mass is 248 g/mol. The molecule has 0 bridgehead atoms. The molecule has 1 N–H and O–H groups in total. The van der Waals surface area contributed by atoms with Crippen LogP contribution in [0.5, 0.6) is 5.75 Å². The number of carbonyl (C=O) groups is 1. The van der Waals surface area contributed by atoms with Crippen LogP contribution < -0.4 is 4.74 Å². The minimum atomic E-state index is -0.909. The SMILES string of the molecule is CC(COc1cc(Cl)ccc1Cl)C(=O)O. The zero-order chi connectivity index (χ0) is 11.4. The molecule has 0 aromatic heterocycles. The smallest absolute Gasteiger partial charge is 0.309 e. The highest BCUT2D eigenvalue weighted by atomic mass is 35.5. The molecule has 82 valence electrons. The van der Waals surface area contributed by atoms with Gasteiger partial charge >= 0.3 is 5.97 Å². The first kappa shape index (κ1) is 12.1. The van der Waals surface area contributed by atoms with E-state index in [2.05, 4.69) is 0 Å². The van der Waals surface area contributed by atoms with Gasteiger partial charge in [0.15, 0.2) is 0 Å². The molecule has 0 spiro atoms. The average molecular weight is 249 g/mol. The summed E-state index contributed by atoms with van der Waals surface area (Å²) in [6.07, 6.45) is 0. The van der Waals surface area contributed by atoms with Gasteiger partial charge in [0.25, 0.3) is 0 Å². The molecular weight excluding hydrogens is 239 g/mol. The molecule has 0 fully saturated rings. The van der Waals surface area contributed by atoms with Crippen LogP contribution in [0, 0.1) is 5.92 Å². The number of carboxylic acid groups (broad SMARTS) is 1. The van der Waals surface area contributed by atoms with Gasteiger partial charge in [0.05, 0.1) is 10.9 Å². The van der Waals surface area contributed by atoms with E-state index in [1.807, 2.05) is 0 Å². The number of rotatable bonds is 4. The molecule has 0 aliphatic heterocycles. The van der Waals surface area contributed by atoms with Gasteiger partial charge in [-0.2, -0.15) is 0 Å². The third-order valence-electron chi connectivity index (χ3n) is 1.80. The fraction of sp³-hybridized carbons (Fsp3) is 0.300. The van der Waals surface area contributed by atoms with Crippen LogP contribution in [0.4, 0.5) is 0 Å². The quantitative estimate of drug-likeness (QED) is 0.891. The van der Waals surface area contributed by atoms with Crippen molar-refractivity contribution in [2.75, 3.05) is 6.61 Å². The number of hydrogen-bond donors (Lipinski definition) is 1. The van der Waals surface area contributed by atoms with Gasteiger partial charge in [-0.25, -0.2) is 0 Å². The Balaban J connectivity index is 2.65. The molecule has 5 heteroatoms. The van der Waals surface area contributed by atoms with Crippen molar-refractivity contribution in [1.82, 2.24) is 0 Å². The molecule has 1 unspecified atom stereocenters. The molecule has 1 rings (SSSR count). The van der Waals surface area contributed by atoms with Crippen LogP contribution in [0.1, 0.15) is 6.92 Å². The summed E-state index contributed by atoms with van der Waals surface area (Å²) < 4.78 is 5.24. The molecule has 15 heavy (non-hydrogen) atoms. The van der Waals surface area contributed by atoms with E-state index < -0.39 is 11.9 Å². The predicted molar refractivity (Wildman–Crippen MR) is 58.8 cm³/mol. The fourth-order valence-corrected chi connectivity index (χ4v) is 1.21. The van der Waals surface area contributed by atoms with E-state index in [-0.39, 0.29) is 6.61 Å². The standard InChI is InChI=1S/C10H10Cl2O3/c1-6(10(13)14)5-15-9-4-7(11)2-3-8(9)12/h2-4,6H,5H2,1H3,(H,13,14). The van der Waals surface area contributed by atoms with E-state index >= 15 is 0 Å². The second kappa shape index (κ2) is 5.24. The van der Waals surface area contributed by atoms with Crippen molar-refractivity contribution in [3.8, 4) is 5.75 Å². The summed E-state index contributed by atoms with van der Waals surface area (Å²) in [4.78, 5) is 10.5. The summed E-state index contributed by atoms with van der Waals surface area (Å²) in [7, 11) is 0. The third-order valence-corrected chi connectivity index (χ3v) is 2.35. The van der Waals surface area contributed by atoms with Crippen LogP contribution in [0.3, 0.4) is 0 Å². The molecule has 0 radical (unpaired) electrons. The van der Waals surface area contributed by atoms with Crippen LogP contribution >= 0.6 is 23.2 Å². The summed E-state index contributed by atoms with van der Waals surface area (Å²) in [6, 6.07) is 4.79. The van der Waals surface area contributed by atoms with E-state index in [4.69, 9.17) is 33.0 Å². The third kappa shape index (κ3) is 3.61. The lowest BCUT2D eigenvalue weighted by atomic mass is 10.2. The Labute approximate surface area is 97.6 Å². The van der Waals surface area contributed by atoms with Crippen LogP contribution in [0.15, 0.2) is 18.2 Å². The van der Waals surface area contributed by atoms with Gasteiger partial charge in [0.1, 0.15) is 12.4 Å². The maximum absolute atomic E-state index is 10.5. The Bertz CT molecular complexity index is 366. The van der Waals surface area contributed by atoms with Crippen molar-refractivity contribution in [2.45, 2.75) is 6.92 Å². The summed E-state index contributed by atoms with van der Waals surface area (Å²) >= 11 is 11.6. The van der Waals surface area contributed by atoms with E-state index in [1.54, 1.807) is 25.1 Å². The Kier molecular flexibility index (Phi) is 4.24. The minimum absolute atomic E-state index is 0.0649. The van der Waals surface area contributed by atoms with Crippen molar-refractivity contribution in [3.05, 3.63) is 28.2 Å².